The topological polar surface area (TPSA) is 54.3 Å². The number of likely N-dealkylation sites (tertiary alicyclic amines) is 1. The molecular formula is C18H25N5O. The van der Waals surface area contributed by atoms with Gasteiger partial charge in [0.25, 0.3) is 5.91 Å². The van der Waals surface area contributed by atoms with E-state index in [1.54, 1.807) is 12.4 Å². The molecule has 1 fully saturated rings. The molecule has 1 amide bonds. The molecule has 0 spiro atoms. The molecule has 3 rings (SSSR count). The van der Waals surface area contributed by atoms with E-state index in [0.29, 0.717) is 11.6 Å². The van der Waals surface area contributed by atoms with Gasteiger partial charge in [0.2, 0.25) is 0 Å². The molecule has 2 aromatic rings. The van der Waals surface area contributed by atoms with Crippen LogP contribution in [0, 0.1) is 0 Å². The highest BCUT2D eigenvalue weighted by molar-refractivity contribution is 5.94. The van der Waals surface area contributed by atoms with Gasteiger partial charge in [-0.3, -0.25) is 4.79 Å². The second-order valence-electron chi connectivity index (χ2n) is 6.13. The molecule has 24 heavy (non-hydrogen) atoms. The summed E-state index contributed by atoms with van der Waals surface area (Å²) in [5.41, 5.74) is 0.664. The van der Waals surface area contributed by atoms with E-state index >= 15 is 0 Å². The minimum atomic E-state index is 0.0680. The maximum Gasteiger partial charge on any atom is 0.255 e. The highest BCUT2D eigenvalue weighted by atomic mass is 16.2. The summed E-state index contributed by atoms with van der Waals surface area (Å²) in [5.74, 6) is 0.991. The van der Waals surface area contributed by atoms with Gasteiger partial charge in [0, 0.05) is 44.8 Å². The summed E-state index contributed by atoms with van der Waals surface area (Å²) >= 11 is 0. The molecule has 1 aliphatic heterocycles. The Labute approximate surface area is 143 Å². The largest absolute Gasteiger partial charge is 0.357 e. The Kier molecular flexibility index (Phi) is 5.13. The number of pyridine rings is 1. The van der Waals surface area contributed by atoms with E-state index in [-0.39, 0.29) is 5.91 Å². The Bertz CT molecular complexity index is 649. The predicted octanol–water partition coefficient (Wildman–Crippen LogP) is 2.60. The summed E-state index contributed by atoms with van der Waals surface area (Å²) in [7, 11) is 0. The summed E-state index contributed by atoms with van der Waals surface area (Å²) in [4.78, 5) is 25.5. The number of imidazole rings is 1. The van der Waals surface area contributed by atoms with Crippen LogP contribution in [0.3, 0.4) is 0 Å². The Balaban J connectivity index is 1.69. The maximum absolute atomic E-state index is 12.8. The molecule has 1 aliphatic rings. The molecule has 128 valence electrons. The van der Waals surface area contributed by atoms with Crippen LogP contribution in [0.1, 0.15) is 43.1 Å². The predicted molar refractivity (Wildman–Crippen MR) is 94.2 cm³/mol. The highest BCUT2D eigenvalue weighted by Gasteiger charge is 2.25. The van der Waals surface area contributed by atoms with Gasteiger partial charge in [-0.1, -0.05) is 0 Å². The molecular weight excluding hydrogens is 302 g/mol. The van der Waals surface area contributed by atoms with Crippen LogP contribution in [0.25, 0.3) is 0 Å². The normalized spacial score (nSPS) is 17.8. The third kappa shape index (κ3) is 3.42. The van der Waals surface area contributed by atoms with Crippen molar-refractivity contribution in [2.45, 2.75) is 32.7 Å². The lowest BCUT2D eigenvalue weighted by molar-refractivity contribution is 0.0679. The number of anilines is 1. The Morgan fingerprint density at radius 3 is 2.79 bits per heavy atom. The average Bonchev–Trinajstić information content (AvgIpc) is 3.18. The van der Waals surface area contributed by atoms with Gasteiger partial charge in [0.05, 0.1) is 17.9 Å². The zero-order chi connectivity index (χ0) is 16.9. The number of amides is 1. The molecule has 0 aromatic carbocycles. The molecule has 1 unspecified atom stereocenters. The molecule has 1 saturated heterocycles. The number of hydrogen-bond acceptors (Lipinski definition) is 4. The van der Waals surface area contributed by atoms with Crippen molar-refractivity contribution in [1.82, 2.24) is 19.4 Å². The first kappa shape index (κ1) is 16.5. The zero-order valence-electron chi connectivity index (χ0n) is 14.4. The number of aromatic nitrogens is 3. The molecule has 6 nitrogen and oxygen atoms in total. The smallest absolute Gasteiger partial charge is 0.255 e. The number of hydrogen-bond donors (Lipinski definition) is 0. The van der Waals surface area contributed by atoms with Crippen LogP contribution in [-0.4, -0.2) is 51.5 Å². The third-order valence-corrected chi connectivity index (χ3v) is 4.71. The maximum atomic E-state index is 12.8. The molecule has 0 bridgehead atoms. The van der Waals surface area contributed by atoms with Gasteiger partial charge in [-0.25, -0.2) is 9.97 Å². The standard InChI is InChI=1S/C18H25N5O/c1-3-21(4-2)17-8-7-15(12-20-17)18(24)22-10-5-6-16(13-22)23-11-9-19-14-23/h7-9,11-12,14,16H,3-6,10,13H2,1-2H3. The molecule has 0 radical (unpaired) electrons. The van der Waals surface area contributed by atoms with Crippen molar-refractivity contribution in [1.29, 1.82) is 0 Å². The lowest BCUT2D eigenvalue weighted by Gasteiger charge is -2.33. The summed E-state index contributed by atoms with van der Waals surface area (Å²) in [5, 5.41) is 0. The monoisotopic (exact) mass is 327 g/mol. The van der Waals surface area contributed by atoms with E-state index in [9.17, 15) is 4.79 Å². The number of carbonyl (C=O) groups excluding carboxylic acids is 1. The van der Waals surface area contributed by atoms with E-state index < -0.39 is 0 Å². The summed E-state index contributed by atoms with van der Waals surface area (Å²) in [6, 6.07) is 4.15. The van der Waals surface area contributed by atoms with Gasteiger partial charge >= 0.3 is 0 Å². The van der Waals surface area contributed by atoms with E-state index in [0.717, 1.165) is 44.8 Å². The van der Waals surface area contributed by atoms with Gasteiger partial charge in [0.15, 0.2) is 0 Å². The SMILES string of the molecule is CCN(CC)c1ccc(C(=O)N2CCCC(n3ccnc3)C2)cn1. The average molecular weight is 327 g/mol. The van der Waals surface area contributed by atoms with Crippen molar-refractivity contribution >= 4 is 11.7 Å². The molecule has 6 heteroatoms. The lowest BCUT2D eigenvalue weighted by Crippen LogP contribution is -2.40. The first-order valence-electron chi connectivity index (χ1n) is 8.70. The Morgan fingerprint density at radius 2 is 2.17 bits per heavy atom. The van der Waals surface area contributed by atoms with E-state index in [1.165, 1.54) is 0 Å². The first-order valence-corrected chi connectivity index (χ1v) is 8.70. The fraction of sp³-hybridized carbons (Fsp3) is 0.500. The van der Waals surface area contributed by atoms with Crippen molar-refractivity contribution in [3.05, 3.63) is 42.6 Å². The van der Waals surface area contributed by atoms with Crippen LogP contribution in [0.2, 0.25) is 0 Å². The van der Waals surface area contributed by atoms with Crippen LogP contribution in [0.15, 0.2) is 37.1 Å². The third-order valence-electron chi connectivity index (χ3n) is 4.71. The van der Waals surface area contributed by atoms with E-state index in [4.69, 9.17) is 0 Å². The Hall–Kier alpha value is -2.37. The molecule has 0 saturated carbocycles. The molecule has 1 atom stereocenters. The zero-order valence-corrected chi connectivity index (χ0v) is 14.4. The molecule has 0 aliphatic carbocycles. The van der Waals surface area contributed by atoms with Crippen LogP contribution >= 0.6 is 0 Å². The van der Waals surface area contributed by atoms with Crippen LogP contribution in [0.4, 0.5) is 5.82 Å². The van der Waals surface area contributed by atoms with Crippen LogP contribution < -0.4 is 4.90 Å². The lowest BCUT2D eigenvalue weighted by atomic mass is 10.0. The second-order valence-corrected chi connectivity index (χ2v) is 6.13. The quantitative estimate of drug-likeness (QED) is 0.847. The van der Waals surface area contributed by atoms with E-state index in [1.807, 2.05) is 29.6 Å². The Morgan fingerprint density at radius 1 is 1.33 bits per heavy atom. The summed E-state index contributed by atoms with van der Waals surface area (Å²) in [6.07, 6.45) is 9.39. The van der Waals surface area contributed by atoms with Gasteiger partial charge < -0.3 is 14.4 Å². The van der Waals surface area contributed by atoms with Crippen molar-refractivity contribution in [2.24, 2.45) is 0 Å². The van der Waals surface area contributed by atoms with Crippen LogP contribution in [-0.2, 0) is 0 Å². The highest BCUT2D eigenvalue weighted by Crippen LogP contribution is 2.23. The van der Waals surface area contributed by atoms with Gasteiger partial charge in [-0.15, -0.1) is 0 Å². The van der Waals surface area contributed by atoms with Crippen molar-refractivity contribution in [3.63, 3.8) is 0 Å². The second kappa shape index (κ2) is 7.47. The minimum Gasteiger partial charge on any atom is -0.357 e. The first-order chi connectivity index (χ1) is 11.7. The van der Waals surface area contributed by atoms with Gasteiger partial charge in [-0.2, -0.15) is 0 Å². The van der Waals surface area contributed by atoms with Crippen molar-refractivity contribution in [3.8, 4) is 0 Å². The minimum absolute atomic E-state index is 0.0680. The van der Waals surface area contributed by atoms with E-state index in [2.05, 4.69) is 33.3 Å². The van der Waals surface area contributed by atoms with Crippen molar-refractivity contribution in [2.75, 3.05) is 31.1 Å². The number of nitrogens with zero attached hydrogens (tertiary/aromatic N) is 5. The number of carbonyl (C=O) groups is 1. The van der Waals surface area contributed by atoms with Gasteiger partial charge in [0.1, 0.15) is 5.82 Å². The molecule has 3 heterocycles. The summed E-state index contributed by atoms with van der Waals surface area (Å²) < 4.78 is 2.10. The fourth-order valence-electron chi connectivity index (χ4n) is 3.30. The molecule has 2 aromatic heterocycles. The number of piperidine rings is 1. The fourth-order valence-corrected chi connectivity index (χ4v) is 3.30. The van der Waals surface area contributed by atoms with Crippen molar-refractivity contribution < 1.29 is 4.79 Å². The molecule has 0 N–H and O–H groups in total. The van der Waals surface area contributed by atoms with Crippen LogP contribution in [0.5, 0.6) is 0 Å². The number of rotatable bonds is 5. The summed E-state index contributed by atoms with van der Waals surface area (Å²) in [6.45, 7) is 7.57. The van der Waals surface area contributed by atoms with Gasteiger partial charge in [-0.05, 0) is 38.8 Å².